The smallest absolute Gasteiger partial charge is 0.266 e. The van der Waals surface area contributed by atoms with Gasteiger partial charge in [-0.25, -0.2) is 4.39 Å². The number of furan rings is 1. The number of rotatable bonds is 8. The molecule has 0 spiro atoms. The molecule has 1 saturated heterocycles. The molecule has 0 saturated carbocycles. The van der Waals surface area contributed by atoms with Gasteiger partial charge in [-0.1, -0.05) is 68.7 Å². The van der Waals surface area contributed by atoms with Crippen molar-refractivity contribution in [1.29, 1.82) is 0 Å². The topological polar surface area (TPSA) is 33.5 Å². The minimum atomic E-state index is -0.315. The summed E-state index contributed by atoms with van der Waals surface area (Å²) in [5.74, 6) is 0.735. The summed E-state index contributed by atoms with van der Waals surface area (Å²) in [5.41, 5.74) is 0.661. The molecule has 3 rings (SSSR count). The highest BCUT2D eigenvalue weighted by Gasteiger charge is 2.31. The third-order valence-electron chi connectivity index (χ3n) is 4.37. The van der Waals surface area contributed by atoms with Gasteiger partial charge in [-0.2, -0.15) is 0 Å². The van der Waals surface area contributed by atoms with E-state index in [4.69, 9.17) is 16.6 Å². The fourth-order valence-corrected chi connectivity index (χ4v) is 4.21. The van der Waals surface area contributed by atoms with Gasteiger partial charge in [0, 0.05) is 18.2 Å². The number of unbranched alkanes of at least 4 members (excludes halogenated alkanes) is 4. The van der Waals surface area contributed by atoms with E-state index in [1.807, 2.05) is 0 Å². The summed E-state index contributed by atoms with van der Waals surface area (Å²) >= 11 is 6.66. The Morgan fingerprint density at radius 3 is 2.78 bits per heavy atom. The Labute approximate surface area is 168 Å². The number of thioether (sulfide) groups is 1. The van der Waals surface area contributed by atoms with Gasteiger partial charge in [0.15, 0.2) is 0 Å². The Hall–Kier alpha value is -1.92. The highest BCUT2D eigenvalue weighted by molar-refractivity contribution is 8.26. The maximum Gasteiger partial charge on any atom is 0.266 e. The summed E-state index contributed by atoms with van der Waals surface area (Å²) in [7, 11) is 0. The summed E-state index contributed by atoms with van der Waals surface area (Å²) in [4.78, 5) is 14.9. The van der Waals surface area contributed by atoms with E-state index >= 15 is 0 Å². The van der Waals surface area contributed by atoms with Crippen molar-refractivity contribution in [1.82, 2.24) is 4.90 Å². The SMILES string of the molecule is CCCCCCCN1C(=O)/C(=C\c2ccc(-c3cccc(F)c3)o2)SC1=S. The summed E-state index contributed by atoms with van der Waals surface area (Å²) in [6.45, 7) is 2.85. The zero-order valence-electron chi connectivity index (χ0n) is 15.2. The average Bonchev–Trinajstić information content (AvgIpc) is 3.21. The number of thiocarbonyl (C=S) groups is 1. The fourth-order valence-electron chi connectivity index (χ4n) is 2.92. The van der Waals surface area contributed by atoms with Crippen LogP contribution in [0.3, 0.4) is 0 Å². The summed E-state index contributed by atoms with van der Waals surface area (Å²) in [5, 5.41) is 0. The normalized spacial score (nSPS) is 15.9. The molecule has 6 heteroatoms. The second-order valence-electron chi connectivity index (χ2n) is 6.46. The van der Waals surface area contributed by atoms with Crippen molar-refractivity contribution >= 4 is 40.3 Å². The third-order valence-corrected chi connectivity index (χ3v) is 5.75. The molecule has 2 heterocycles. The predicted octanol–water partition coefficient (Wildman–Crippen LogP) is 6.26. The van der Waals surface area contributed by atoms with Crippen LogP contribution in [0.1, 0.15) is 44.8 Å². The standard InChI is InChI=1S/C21H22FNO2S2/c1-2-3-4-5-6-12-23-20(24)19(27-21(23)26)14-17-10-11-18(25-17)15-8-7-9-16(22)13-15/h7-11,13-14H,2-6,12H2,1H3/b19-14+. The van der Waals surface area contributed by atoms with Gasteiger partial charge in [-0.05, 0) is 30.7 Å². The van der Waals surface area contributed by atoms with E-state index < -0.39 is 0 Å². The lowest BCUT2D eigenvalue weighted by molar-refractivity contribution is -0.122. The van der Waals surface area contributed by atoms with E-state index in [1.165, 1.54) is 43.2 Å². The van der Waals surface area contributed by atoms with Crippen molar-refractivity contribution in [2.75, 3.05) is 6.54 Å². The maximum absolute atomic E-state index is 13.4. The molecule has 0 unspecified atom stereocenters. The van der Waals surface area contributed by atoms with E-state index in [9.17, 15) is 9.18 Å². The lowest BCUT2D eigenvalue weighted by Gasteiger charge is -2.13. The molecule has 1 aromatic carbocycles. The van der Waals surface area contributed by atoms with Crippen molar-refractivity contribution in [3.05, 3.63) is 52.9 Å². The number of carbonyl (C=O) groups excluding carboxylic acids is 1. The highest BCUT2D eigenvalue weighted by atomic mass is 32.2. The Morgan fingerprint density at radius 1 is 1.19 bits per heavy atom. The van der Waals surface area contributed by atoms with Crippen LogP contribution in [0.25, 0.3) is 17.4 Å². The van der Waals surface area contributed by atoms with Gasteiger partial charge in [0.2, 0.25) is 0 Å². The Morgan fingerprint density at radius 2 is 2.00 bits per heavy atom. The van der Waals surface area contributed by atoms with Crippen LogP contribution >= 0.6 is 24.0 Å². The summed E-state index contributed by atoms with van der Waals surface area (Å²) in [6, 6.07) is 9.77. The van der Waals surface area contributed by atoms with Gasteiger partial charge in [-0.15, -0.1) is 0 Å². The molecule has 0 bridgehead atoms. The predicted molar refractivity (Wildman–Crippen MR) is 113 cm³/mol. The van der Waals surface area contributed by atoms with E-state index in [0.29, 0.717) is 32.9 Å². The molecule has 0 N–H and O–H groups in total. The van der Waals surface area contributed by atoms with Gasteiger partial charge < -0.3 is 4.42 Å². The van der Waals surface area contributed by atoms with Crippen molar-refractivity contribution in [2.24, 2.45) is 0 Å². The molecule has 3 nitrogen and oxygen atoms in total. The molecule has 1 aliphatic heterocycles. The minimum Gasteiger partial charge on any atom is -0.457 e. The number of amides is 1. The molecule has 2 aromatic rings. The Bertz CT molecular complexity index is 859. The molecule has 1 amide bonds. The molecule has 1 aliphatic rings. The minimum absolute atomic E-state index is 0.0656. The maximum atomic E-state index is 13.4. The molecule has 1 aromatic heterocycles. The van der Waals surface area contributed by atoms with Crippen LogP contribution < -0.4 is 0 Å². The van der Waals surface area contributed by atoms with Crippen LogP contribution in [0.15, 0.2) is 45.7 Å². The van der Waals surface area contributed by atoms with Crippen LogP contribution in [0.4, 0.5) is 4.39 Å². The van der Waals surface area contributed by atoms with E-state index in [2.05, 4.69) is 6.92 Å². The molecule has 0 radical (unpaired) electrons. The first-order valence-electron chi connectivity index (χ1n) is 9.19. The van der Waals surface area contributed by atoms with Gasteiger partial charge in [0.25, 0.3) is 5.91 Å². The van der Waals surface area contributed by atoms with Crippen LogP contribution in [0.2, 0.25) is 0 Å². The highest BCUT2D eigenvalue weighted by Crippen LogP contribution is 2.34. The van der Waals surface area contributed by atoms with Crippen molar-refractivity contribution in [2.45, 2.75) is 39.0 Å². The number of carbonyl (C=O) groups is 1. The monoisotopic (exact) mass is 403 g/mol. The van der Waals surface area contributed by atoms with Crippen LogP contribution in [-0.4, -0.2) is 21.7 Å². The number of benzene rings is 1. The molecular weight excluding hydrogens is 381 g/mol. The molecule has 0 aliphatic carbocycles. The zero-order chi connectivity index (χ0) is 19.2. The molecule has 27 heavy (non-hydrogen) atoms. The van der Waals surface area contributed by atoms with Gasteiger partial charge in [0.05, 0.1) is 4.91 Å². The Kier molecular flexibility index (Phi) is 6.85. The summed E-state index contributed by atoms with van der Waals surface area (Å²) < 4.78 is 19.7. The van der Waals surface area contributed by atoms with E-state index in [1.54, 1.807) is 35.2 Å². The van der Waals surface area contributed by atoms with Crippen molar-refractivity contribution in [3.63, 3.8) is 0 Å². The zero-order valence-corrected chi connectivity index (χ0v) is 16.9. The first kappa shape index (κ1) is 19.8. The van der Waals surface area contributed by atoms with Gasteiger partial charge in [-0.3, -0.25) is 9.69 Å². The van der Waals surface area contributed by atoms with Crippen molar-refractivity contribution < 1.29 is 13.6 Å². The fraction of sp³-hybridized carbons (Fsp3) is 0.333. The first-order valence-corrected chi connectivity index (χ1v) is 10.4. The van der Waals surface area contributed by atoms with E-state index in [0.717, 1.165) is 12.8 Å². The van der Waals surface area contributed by atoms with Crippen LogP contribution in [-0.2, 0) is 4.79 Å². The number of hydrogen-bond acceptors (Lipinski definition) is 4. The molecular formula is C21H22FNO2S2. The lowest BCUT2D eigenvalue weighted by Crippen LogP contribution is -2.28. The van der Waals surface area contributed by atoms with Crippen LogP contribution in [0.5, 0.6) is 0 Å². The number of hydrogen-bond donors (Lipinski definition) is 0. The Balaban J connectivity index is 1.65. The quantitative estimate of drug-likeness (QED) is 0.296. The second-order valence-corrected chi connectivity index (χ2v) is 8.14. The van der Waals surface area contributed by atoms with Crippen molar-refractivity contribution in [3.8, 4) is 11.3 Å². The number of halogens is 1. The largest absolute Gasteiger partial charge is 0.457 e. The molecule has 1 fully saturated rings. The van der Waals surface area contributed by atoms with Crippen LogP contribution in [0, 0.1) is 5.82 Å². The second kappa shape index (κ2) is 9.33. The molecule has 0 atom stereocenters. The molecule has 142 valence electrons. The van der Waals surface area contributed by atoms with E-state index in [-0.39, 0.29) is 11.7 Å². The van der Waals surface area contributed by atoms with Gasteiger partial charge in [0.1, 0.15) is 21.7 Å². The summed E-state index contributed by atoms with van der Waals surface area (Å²) in [6.07, 6.45) is 7.40. The third kappa shape index (κ3) is 5.08. The average molecular weight is 404 g/mol. The lowest BCUT2D eigenvalue weighted by atomic mass is 10.1. The number of nitrogens with zero attached hydrogens (tertiary/aromatic N) is 1. The van der Waals surface area contributed by atoms with Gasteiger partial charge >= 0.3 is 0 Å². The first-order chi connectivity index (χ1) is 13.1.